The van der Waals surface area contributed by atoms with Crippen LogP contribution in [0.5, 0.6) is 5.75 Å². The van der Waals surface area contributed by atoms with E-state index in [1.807, 2.05) is 0 Å². The molecule has 3 fully saturated rings. The summed E-state index contributed by atoms with van der Waals surface area (Å²) in [6, 6.07) is -1.89. The maximum absolute atomic E-state index is 15.1. The Kier molecular flexibility index (Phi) is 6.91. The lowest BCUT2D eigenvalue weighted by Crippen LogP contribution is -2.43. The first-order valence-electron chi connectivity index (χ1n) is 11.5. The van der Waals surface area contributed by atoms with Crippen LogP contribution in [0, 0.1) is 23.0 Å². The molecule has 4 rings (SSSR count). The molecule has 4 atom stereocenters. The molecule has 6 nitrogen and oxygen atoms in total. The van der Waals surface area contributed by atoms with E-state index in [9.17, 15) is 27.9 Å². The highest BCUT2D eigenvalue weighted by Gasteiger charge is 2.60. The average Bonchev–Trinajstić information content (AvgIpc) is 3.41. The third kappa shape index (κ3) is 5.11. The first-order chi connectivity index (χ1) is 16.6. The Morgan fingerprint density at radius 1 is 1.17 bits per heavy atom. The summed E-state index contributed by atoms with van der Waals surface area (Å²) in [6.45, 7) is 1.10. The predicted octanol–water partition coefficient (Wildman–Crippen LogP) is 4.97. The van der Waals surface area contributed by atoms with E-state index in [2.05, 4.69) is 15.4 Å². The molecule has 2 amide bonds. The molecule has 3 aliphatic carbocycles. The van der Waals surface area contributed by atoms with Crippen molar-refractivity contribution in [3.63, 3.8) is 0 Å². The van der Waals surface area contributed by atoms with Crippen LogP contribution in [0.15, 0.2) is 6.07 Å². The van der Waals surface area contributed by atoms with Crippen molar-refractivity contribution in [3.05, 3.63) is 28.3 Å². The number of carbonyl (C=O) groups is 2. The zero-order chi connectivity index (χ0) is 26.6. The number of halogens is 7. The number of phenols is 1. The zero-order valence-electron chi connectivity index (χ0n) is 19.2. The van der Waals surface area contributed by atoms with Gasteiger partial charge in [0, 0.05) is 18.9 Å². The highest BCUT2D eigenvalue weighted by molar-refractivity contribution is 6.31. The molecule has 1 aromatic rings. The molecule has 13 heteroatoms. The van der Waals surface area contributed by atoms with Gasteiger partial charge in [-0.2, -0.15) is 0 Å². The second-order valence-electron chi connectivity index (χ2n) is 10.1. The van der Waals surface area contributed by atoms with E-state index in [1.54, 1.807) is 0 Å². The maximum atomic E-state index is 15.1. The molecule has 0 saturated heterocycles. The number of amides is 2. The molecule has 3 aliphatic rings. The quantitative estimate of drug-likeness (QED) is 0.350. The summed E-state index contributed by atoms with van der Waals surface area (Å²) in [5.41, 5.74) is -3.37. The lowest BCUT2D eigenvalue weighted by molar-refractivity contribution is -0.343. The van der Waals surface area contributed by atoms with Crippen LogP contribution >= 0.6 is 11.6 Å². The molecule has 2 bridgehead atoms. The van der Waals surface area contributed by atoms with E-state index in [4.69, 9.17) is 11.6 Å². The van der Waals surface area contributed by atoms with Crippen molar-refractivity contribution in [2.75, 3.05) is 0 Å². The molecule has 1 aromatic carbocycles. The van der Waals surface area contributed by atoms with Gasteiger partial charge in [0.2, 0.25) is 11.8 Å². The van der Waals surface area contributed by atoms with Crippen molar-refractivity contribution in [2.24, 2.45) is 11.3 Å². The number of nitrogens with one attached hydrogen (secondary N) is 2. The number of rotatable bonds is 6. The summed E-state index contributed by atoms with van der Waals surface area (Å²) in [7, 11) is 0. The number of carbonyl (C=O) groups excluding carboxylic acids is 2. The Morgan fingerprint density at radius 3 is 2.33 bits per heavy atom. The second kappa shape index (κ2) is 9.27. The lowest BCUT2D eigenvalue weighted by Gasteiger charge is -2.37. The van der Waals surface area contributed by atoms with Gasteiger partial charge in [-0.15, -0.1) is 13.2 Å². The number of benzene rings is 1. The largest absolute Gasteiger partial charge is 0.522 e. The van der Waals surface area contributed by atoms with Crippen molar-refractivity contribution in [2.45, 2.75) is 82.1 Å². The molecule has 0 aliphatic heterocycles. The number of aromatic hydroxyl groups is 1. The van der Waals surface area contributed by atoms with Gasteiger partial charge in [0.25, 0.3) is 0 Å². The Hall–Kier alpha value is -2.21. The highest BCUT2D eigenvalue weighted by Crippen LogP contribution is 2.64. The fourth-order valence-electron chi connectivity index (χ4n) is 6.15. The Labute approximate surface area is 207 Å². The first kappa shape index (κ1) is 26.8. The summed E-state index contributed by atoms with van der Waals surface area (Å²) < 4.78 is 88.0. The highest BCUT2D eigenvalue weighted by atomic mass is 35.5. The molecule has 0 radical (unpaired) electrons. The lowest BCUT2D eigenvalue weighted by atomic mass is 9.73. The molecule has 3 N–H and O–H groups in total. The number of phenolic OH excluding ortho intramolecular Hbond substituents is 1. The normalized spacial score (nSPS) is 32.5. The number of fused-ring (bicyclic) bond motifs is 2. The predicted molar refractivity (Wildman–Crippen MR) is 115 cm³/mol. The van der Waals surface area contributed by atoms with E-state index >= 15 is 13.2 Å². The zero-order valence-corrected chi connectivity index (χ0v) is 19.9. The van der Waals surface area contributed by atoms with Gasteiger partial charge in [0.05, 0.1) is 28.8 Å². The van der Waals surface area contributed by atoms with Crippen LogP contribution < -0.4 is 10.6 Å². The Morgan fingerprint density at radius 2 is 1.81 bits per heavy atom. The molecular formula is C23H25ClF6N2O4. The third-order valence-corrected chi connectivity index (χ3v) is 7.99. The number of hydrogen-bond donors (Lipinski definition) is 3. The summed E-state index contributed by atoms with van der Waals surface area (Å²) in [4.78, 5) is 24.8. The van der Waals surface area contributed by atoms with Crippen LogP contribution in [0.3, 0.4) is 0 Å². The standard InChI is InChI=1S/C23H25ClF6N2O4/c1-10(33)31-13-6-11(7-15(13)36-23(28,29)30)20(35)32-19(21-2-4-22(27,9-21)5-3-21)16-17(25)12(24)8-14(34)18(16)26/h8,11,13,15,19,34H,2-7,9H2,1H3,(H,31,33)(H,32,35)/t11-,13-,15+,19+,21?,22?/m0/s1. The van der Waals surface area contributed by atoms with Crippen LogP contribution in [0.25, 0.3) is 0 Å². The van der Waals surface area contributed by atoms with Crippen LogP contribution in [-0.2, 0) is 14.3 Å². The average molecular weight is 543 g/mol. The second-order valence-corrected chi connectivity index (χ2v) is 10.5. The number of alkyl halides is 4. The SMILES string of the molecule is CC(=O)N[C@H]1C[C@H](C(=O)N[C@H](c2c(F)c(O)cc(Cl)c2F)C23CCC(F)(CC2)C3)C[C@H]1OC(F)(F)F. The van der Waals surface area contributed by atoms with Crippen LogP contribution in [0.1, 0.15) is 63.5 Å². The van der Waals surface area contributed by atoms with Crippen LogP contribution in [0.4, 0.5) is 26.3 Å². The summed E-state index contributed by atoms with van der Waals surface area (Å²) in [5, 5.41) is 14.2. The van der Waals surface area contributed by atoms with E-state index in [-0.39, 0.29) is 38.5 Å². The fourth-order valence-corrected chi connectivity index (χ4v) is 6.36. The van der Waals surface area contributed by atoms with Crippen molar-refractivity contribution < 1.29 is 45.8 Å². The smallest absolute Gasteiger partial charge is 0.505 e. The van der Waals surface area contributed by atoms with Crippen molar-refractivity contribution in [3.8, 4) is 5.75 Å². The van der Waals surface area contributed by atoms with Crippen molar-refractivity contribution in [1.29, 1.82) is 0 Å². The van der Waals surface area contributed by atoms with Gasteiger partial charge in [-0.25, -0.2) is 13.2 Å². The minimum atomic E-state index is -5.02. The molecule has 3 saturated carbocycles. The summed E-state index contributed by atoms with van der Waals surface area (Å²) in [5.74, 6) is -6.11. The van der Waals surface area contributed by atoms with Crippen LogP contribution in [0.2, 0.25) is 5.02 Å². The van der Waals surface area contributed by atoms with Crippen molar-refractivity contribution >= 4 is 23.4 Å². The van der Waals surface area contributed by atoms with E-state index in [0.717, 1.165) is 6.92 Å². The summed E-state index contributed by atoms with van der Waals surface area (Å²) >= 11 is 5.83. The molecule has 0 aromatic heterocycles. The third-order valence-electron chi connectivity index (χ3n) is 7.72. The number of hydrogen-bond acceptors (Lipinski definition) is 4. The Balaban J connectivity index is 1.65. The van der Waals surface area contributed by atoms with Gasteiger partial charge < -0.3 is 15.7 Å². The first-order valence-corrected chi connectivity index (χ1v) is 11.9. The molecule has 0 heterocycles. The van der Waals surface area contributed by atoms with E-state index in [1.165, 1.54) is 0 Å². The van der Waals surface area contributed by atoms with E-state index in [0.29, 0.717) is 6.07 Å². The summed E-state index contributed by atoms with van der Waals surface area (Å²) in [6.07, 6.45) is -6.68. The van der Waals surface area contributed by atoms with E-state index < -0.39 is 87.8 Å². The maximum Gasteiger partial charge on any atom is 0.522 e. The molecule has 200 valence electrons. The van der Waals surface area contributed by atoms with Gasteiger partial charge in [-0.1, -0.05) is 11.6 Å². The van der Waals surface area contributed by atoms with Gasteiger partial charge >= 0.3 is 6.36 Å². The minimum Gasteiger partial charge on any atom is -0.505 e. The number of ether oxygens (including phenoxy) is 1. The molecule has 0 spiro atoms. The van der Waals surface area contributed by atoms with Gasteiger partial charge in [0.15, 0.2) is 11.6 Å². The minimum absolute atomic E-state index is 0.0872. The Bertz CT molecular complexity index is 1030. The van der Waals surface area contributed by atoms with Gasteiger partial charge in [-0.05, 0) is 50.4 Å². The van der Waals surface area contributed by atoms with Crippen molar-refractivity contribution in [1.82, 2.24) is 10.6 Å². The molecular weight excluding hydrogens is 518 g/mol. The monoisotopic (exact) mass is 542 g/mol. The van der Waals surface area contributed by atoms with Gasteiger partial charge in [-0.3, -0.25) is 14.3 Å². The van der Waals surface area contributed by atoms with Crippen LogP contribution in [-0.4, -0.2) is 41.1 Å². The molecule has 0 unspecified atom stereocenters. The van der Waals surface area contributed by atoms with Gasteiger partial charge in [0.1, 0.15) is 11.5 Å². The topological polar surface area (TPSA) is 87.7 Å². The fraction of sp³-hybridized carbons (Fsp3) is 0.652. The molecule has 36 heavy (non-hydrogen) atoms.